The summed E-state index contributed by atoms with van der Waals surface area (Å²) in [6.07, 6.45) is -4.64. The highest BCUT2D eigenvalue weighted by molar-refractivity contribution is 5.68. The van der Waals surface area contributed by atoms with E-state index in [-0.39, 0.29) is 17.9 Å². The molecule has 11 nitrogen and oxygen atoms in total. The molecule has 0 unspecified atom stereocenters. The van der Waals surface area contributed by atoms with Gasteiger partial charge in [0.05, 0.1) is 17.3 Å². The van der Waals surface area contributed by atoms with E-state index in [1.165, 1.54) is 25.3 Å². The summed E-state index contributed by atoms with van der Waals surface area (Å²) < 4.78 is 27.0. The van der Waals surface area contributed by atoms with Crippen LogP contribution >= 0.6 is 0 Å². The van der Waals surface area contributed by atoms with Crippen LogP contribution in [0, 0.1) is 11.3 Å². The Morgan fingerprint density at radius 1 is 0.968 bits per heavy atom. The average Bonchev–Trinajstić information content (AvgIpc) is 2.68. The minimum atomic E-state index is -1.29. The molecule has 0 saturated carbocycles. The SMILES string of the molecule is CC(=O)OC[C@H]1O[C@H](c2cc(C#N)ccn2)[C@H](OC(C)=O)[C@@H](OC(C)=O)[C@H]1OC(C)=O. The molecule has 1 fully saturated rings. The highest BCUT2D eigenvalue weighted by Crippen LogP contribution is 2.37. The molecule has 0 bridgehead atoms. The Kier molecular flexibility index (Phi) is 8.04. The normalized spacial score (nSPS) is 24.9. The van der Waals surface area contributed by atoms with E-state index >= 15 is 0 Å². The van der Waals surface area contributed by atoms with Crippen LogP contribution in [0.4, 0.5) is 0 Å². The molecule has 5 atom stereocenters. The molecule has 31 heavy (non-hydrogen) atoms. The number of hydrogen-bond acceptors (Lipinski definition) is 11. The van der Waals surface area contributed by atoms with Crippen LogP contribution in [-0.4, -0.2) is 59.9 Å². The molecule has 2 rings (SSSR count). The summed E-state index contributed by atoms with van der Waals surface area (Å²) in [5, 5.41) is 9.19. The van der Waals surface area contributed by atoms with Gasteiger partial charge < -0.3 is 23.7 Å². The minimum absolute atomic E-state index is 0.205. The van der Waals surface area contributed by atoms with Crippen LogP contribution in [0.1, 0.15) is 45.1 Å². The molecule has 0 N–H and O–H groups in total. The first-order valence-electron chi connectivity index (χ1n) is 9.29. The van der Waals surface area contributed by atoms with Crippen molar-refractivity contribution in [3.8, 4) is 6.07 Å². The summed E-state index contributed by atoms with van der Waals surface area (Å²) >= 11 is 0. The molecule has 2 heterocycles. The number of carbonyl (C=O) groups excluding carboxylic acids is 4. The predicted octanol–water partition coefficient (Wildman–Crippen LogP) is 0.751. The third-order valence-corrected chi connectivity index (χ3v) is 4.19. The van der Waals surface area contributed by atoms with Gasteiger partial charge in [0.15, 0.2) is 18.3 Å². The van der Waals surface area contributed by atoms with Gasteiger partial charge in [-0.2, -0.15) is 5.26 Å². The van der Waals surface area contributed by atoms with E-state index in [9.17, 15) is 24.4 Å². The van der Waals surface area contributed by atoms with Crippen molar-refractivity contribution in [3.05, 3.63) is 29.6 Å². The lowest BCUT2D eigenvalue weighted by atomic mass is 9.92. The van der Waals surface area contributed by atoms with E-state index in [0.29, 0.717) is 0 Å². The van der Waals surface area contributed by atoms with Crippen LogP contribution in [0.2, 0.25) is 0 Å². The molecule has 1 aliphatic heterocycles. The average molecular weight is 434 g/mol. The maximum absolute atomic E-state index is 11.8. The molecule has 0 aromatic carbocycles. The van der Waals surface area contributed by atoms with Gasteiger partial charge in [-0.25, -0.2) is 0 Å². The van der Waals surface area contributed by atoms with E-state index in [2.05, 4.69) is 4.98 Å². The lowest BCUT2D eigenvalue weighted by Crippen LogP contribution is -2.59. The molecule has 0 amide bonds. The Hall–Kier alpha value is -3.52. The molecule has 11 heteroatoms. The van der Waals surface area contributed by atoms with E-state index in [1.54, 1.807) is 0 Å². The maximum atomic E-state index is 11.8. The highest BCUT2D eigenvalue weighted by atomic mass is 16.7. The summed E-state index contributed by atoms with van der Waals surface area (Å²) in [6, 6.07) is 4.85. The van der Waals surface area contributed by atoms with Crippen molar-refractivity contribution in [1.29, 1.82) is 5.26 Å². The maximum Gasteiger partial charge on any atom is 0.303 e. The van der Waals surface area contributed by atoms with Crippen LogP contribution in [0.5, 0.6) is 0 Å². The smallest absolute Gasteiger partial charge is 0.303 e. The van der Waals surface area contributed by atoms with E-state index < -0.39 is 54.4 Å². The van der Waals surface area contributed by atoms with Gasteiger partial charge >= 0.3 is 23.9 Å². The summed E-state index contributed by atoms with van der Waals surface area (Å²) in [7, 11) is 0. The van der Waals surface area contributed by atoms with Crippen molar-refractivity contribution in [2.45, 2.75) is 58.2 Å². The van der Waals surface area contributed by atoms with Crippen molar-refractivity contribution < 1.29 is 42.9 Å². The van der Waals surface area contributed by atoms with Crippen LogP contribution in [0.15, 0.2) is 18.3 Å². The zero-order chi connectivity index (χ0) is 23.1. The molecule has 166 valence electrons. The fraction of sp³-hybridized carbons (Fsp3) is 0.500. The Bertz CT molecular complexity index is 895. The first kappa shape index (κ1) is 23.8. The van der Waals surface area contributed by atoms with Crippen molar-refractivity contribution in [3.63, 3.8) is 0 Å². The van der Waals surface area contributed by atoms with Crippen LogP contribution < -0.4 is 0 Å². The number of nitrogens with zero attached hydrogens (tertiary/aromatic N) is 2. The molecule has 1 aromatic heterocycles. The van der Waals surface area contributed by atoms with Gasteiger partial charge in [-0.15, -0.1) is 0 Å². The number of nitriles is 1. The largest absolute Gasteiger partial charge is 0.463 e. The summed E-state index contributed by atoms with van der Waals surface area (Å²) in [5.41, 5.74) is 0.467. The molecular weight excluding hydrogens is 412 g/mol. The highest BCUT2D eigenvalue weighted by Gasteiger charge is 2.53. The second kappa shape index (κ2) is 10.5. The Morgan fingerprint density at radius 2 is 1.55 bits per heavy atom. The zero-order valence-corrected chi connectivity index (χ0v) is 17.4. The first-order chi connectivity index (χ1) is 14.6. The fourth-order valence-electron chi connectivity index (χ4n) is 3.14. The third-order valence-electron chi connectivity index (χ3n) is 4.19. The summed E-state index contributed by atoms with van der Waals surface area (Å²) in [5.74, 6) is -2.78. The van der Waals surface area contributed by atoms with Gasteiger partial charge in [-0.05, 0) is 12.1 Å². The van der Waals surface area contributed by atoms with Crippen molar-refractivity contribution in [2.75, 3.05) is 6.61 Å². The van der Waals surface area contributed by atoms with Gasteiger partial charge in [0, 0.05) is 33.9 Å². The topological polar surface area (TPSA) is 151 Å². The van der Waals surface area contributed by atoms with Crippen LogP contribution in [0.25, 0.3) is 0 Å². The lowest BCUT2D eigenvalue weighted by Gasteiger charge is -2.44. The number of aromatic nitrogens is 1. The van der Waals surface area contributed by atoms with Crippen molar-refractivity contribution in [1.82, 2.24) is 4.98 Å². The number of ether oxygens (including phenoxy) is 5. The molecule has 0 radical (unpaired) electrons. The van der Waals surface area contributed by atoms with Crippen molar-refractivity contribution >= 4 is 23.9 Å². The second-order valence-electron chi connectivity index (χ2n) is 6.70. The lowest BCUT2D eigenvalue weighted by molar-refractivity contribution is -0.255. The Morgan fingerprint density at radius 3 is 2.10 bits per heavy atom. The van der Waals surface area contributed by atoms with Gasteiger partial charge in [-0.1, -0.05) is 0 Å². The first-order valence-corrected chi connectivity index (χ1v) is 9.29. The van der Waals surface area contributed by atoms with E-state index in [0.717, 1.165) is 20.8 Å². The molecule has 0 spiro atoms. The zero-order valence-electron chi connectivity index (χ0n) is 17.4. The van der Waals surface area contributed by atoms with Gasteiger partial charge in [0.25, 0.3) is 0 Å². The standard InChI is InChI=1S/C20H22N2O9/c1-10(23)27-9-16-18(28-11(2)24)20(30-13(4)26)19(29-12(3)25)17(31-16)15-7-14(8-21)5-6-22-15/h5-7,16-20H,9H2,1-4H3/t16-,17-,18+,19+,20+/m1/s1. The fourth-order valence-corrected chi connectivity index (χ4v) is 3.14. The predicted molar refractivity (Wildman–Crippen MR) is 99.9 cm³/mol. The minimum Gasteiger partial charge on any atom is -0.463 e. The molecule has 1 aliphatic rings. The monoisotopic (exact) mass is 434 g/mol. The molecule has 0 aliphatic carbocycles. The number of rotatable bonds is 6. The Labute approximate surface area is 178 Å². The van der Waals surface area contributed by atoms with E-state index in [1.807, 2.05) is 6.07 Å². The number of carbonyl (C=O) groups is 4. The summed E-state index contributed by atoms with van der Waals surface area (Å²) in [4.78, 5) is 50.8. The molecule has 1 saturated heterocycles. The summed E-state index contributed by atoms with van der Waals surface area (Å²) in [6.45, 7) is 4.26. The van der Waals surface area contributed by atoms with Crippen LogP contribution in [0.3, 0.4) is 0 Å². The molecule has 1 aromatic rings. The number of esters is 4. The number of hydrogen-bond donors (Lipinski definition) is 0. The quantitative estimate of drug-likeness (QED) is 0.461. The second-order valence-corrected chi connectivity index (χ2v) is 6.70. The van der Waals surface area contributed by atoms with Gasteiger partial charge in [0.1, 0.15) is 18.8 Å². The number of pyridine rings is 1. The third kappa shape index (κ3) is 6.48. The van der Waals surface area contributed by atoms with Crippen LogP contribution in [-0.2, 0) is 42.9 Å². The van der Waals surface area contributed by atoms with E-state index in [4.69, 9.17) is 23.7 Å². The van der Waals surface area contributed by atoms with Crippen molar-refractivity contribution in [2.24, 2.45) is 0 Å². The molecular formula is C20H22N2O9. The van der Waals surface area contributed by atoms with Gasteiger partial charge in [0.2, 0.25) is 0 Å². The Balaban J connectivity index is 2.56. The van der Waals surface area contributed by atoms with Gasteiger partial charge in [-0.3, -0.25) is 24.2 Å².